The zero-order valence-corrected chi connectivity index (χ0v) is 17.3. The van der Waals surface area contributed by atoms with E-state index in [0.717, 1.165) is 32.1 Å². The van der Waals surface area contributed by atoms with Gasteiger partial charge in [-0.15, -0.1) is 0 Å². The first-order chi connectivity index (χ1) is 14.3. The Kier molecular flexibility index (Phi) is 6.70. The molecule has 10 nitrogen and oxygen atoms in total. The Morgan fingerprint density at radius 3 is 2.63 bits per heavy atom. The van der Waals surface area contributed by atoms with Crippen LogP contribution < -0.4 is 15.4 Å². The zero-order valence-electron chi connectivity index (χ0n) is 16.5. The van der Waals surface area contributed by atoms with E-state index in [1.54, 1.807) is 18.2 Å². The van der Waals surface area contributed by atoms with E-state index in [0.29, 0.717) is 5.56 Å². The number of ether oxygens (including phenoxy) is 1. The van der Waals surface area contributed by atoms with Crippen molar-refractivity contribution >= 4 is 33.8 Å². The quantitative estimate of drug-likeness (QED) is 0.583. The van der Waals surface area contributed by atoms with E-state index >= 15 is 0 Å². The van der Waals surface area contributed by atoms with E-state index in [1.165, 1.54) is 13.0 Å². The van der Waals surface area contributed by atoms with Gasteiger partial charge in [0.25, 0.3) is 15.9 Å². The summed E-state index contributed by atoms with van der Waals surface area (Å²) in [5, 5.41) is 4.90. The van der Waals surface area contributed by atoms with Gasteiger partial charge in [0.2, 0.25) is 0 Å². The van der Waals surface area contributed by atoms with Gasteiger partial charge in [-0.05, 0) is 31.9 Å². The second kappa shape index (κ2) is 9.24. The van der Waals surface area contributed by atoms with Crippen LogP contribution in [0.3, 0.4) is 0 Å². The molecule has 11 heteroatoms. The molecule has 1 saturated carbocycles. The average Bonchev–Trinajstić information content (AvgIpc) is 2.97. The van der Waals surface area contributed by atoms with Gasteiger partial charge in [0.05, 0.1) is 4.90 Å². The van der Waals surface area contributed by atoms with Gasteiger partial charge in [-0.3, -0.25) is 24.6 Å². The molecule has 30 heavy (non-hydrogen) atoms. The number of nitrogens with zero attached hydrogens (tertiary/aromatic N) is 1. The number of carbonyl (C=O) groups is 3. The van der Waals surface area contributed by atoms with Crippen molar-refractivity contribution in [3.05, 3.63) is 29.8 Å². The van der Waals surface area contributed by atoms with Crippen molar-refractivity contribution in [2.45, 2.75) is 56.1 Å². The number of aliphatic imine (C=N–C) groups is 1. The third kappa shape index (κ3) is 5.35. The van der Waals surface area contributed by atoms with Crippen molar-refractivity contribution in [3.8, 4) is 0 Å². The maximum Gasteiger partial charge on any atom is 0.328 e. The predicted octanol–water partition coefficient (Wildman–Crippen LogP) is 0.815. The van der Waals surface area contributed by atoms with Gasteiger partial charge in [0.15, 0.2) is 6.10 Å². The molecule has 1 heterocycles. The van der Waals surface area contributed by atoms with E-state index in [-0.39, 0.29) is 16.8 Å². The van der Waals surface area contributed by atoms with Crippen LogP contribution in [-0.2, 0) is 24.3 Å². The summed E-state index contributed by atoms with van der Waals surface area (Å²) in [6.45, 7) is 0.847. The van der Waals surface area contributed by atoms with Crippen molar-refractivity contribution in [2.75, 3.05) is 6.54 Å². The van der Waals surface area contributed by atoms with E-state index in [9.17, 15) is 22.8 Å². The number of hydrogen-bond donors (Lipinski definition) is 3. The fourth-order valence-electron chi connectivity index (χ4n) is 3.36. The minimum atomic E-state index is -3.71. The van der Waals surface area contributed by atoms with Crippen LogP contribution in [0.5, 0.6) is 0 Å². The average molecular weight is 436 g/mol. The fourth-order valence-corrected chi connectivity index (χ4v) is 4.62. The smallest absolute Gasteiger partial charge is 0.328 e. The summed E-state index contributed by atoms with van der Waals surface area (Å²) in [7, 11) is -3.71. The van der Waals surface area contributed by atoms with E-state index in [2.05, 4.69) is 20.3 Å². The predicted molar refractivity (Wildman–Crippen MR) is 107 cm³/mol. The number of imide groups is 1. The van der Waals surface area contributed by atoms with Crippen molar-refractivity contribution < 1.29 is 27.5 Å². The van der Waals surface area contributed by atoms with Crippen molar-refractivity contribution in [1.82, 2.24) is 15.4 Å². The van der Waals surface area contributed by atoms with Gasteiger partial charge in [0.1, 0.15) is 12.4 Å². The van der Waals surface area contributed by atoms with Crippen molar-refractivity contribution in [3.63, 3.8) is 0 Å². The number of fused-ring (bicyclic) bond motifs is 1. The SMILES string of the molecule is CC(OC(=O)CN=C1NS(=O)(=O)c2ccccc21)C(=O)NC(=O)NC1CCCCC1. The molecule has 0 spiro atoms. The molecule has 1 aliphatic carbocycles. The molecule has 1 unspecified atom stereocenters. The number of nitrogens with one attached hydrogen (secondary N) is 3. The molecule has 3 rings (SSSR count). The molecule has 1 aliphatic heterocycles. The number of urea groups is 1. The van der Waals surface area contributed by atoms with Crippen molar-refractivity contribution in [1.29, 1.82) is 0 Å². The molecule has 1 aromatic rings. The van der Waals surface area contributed by atoms with E-state index < -0.39 is 40.6 Å². The third-order valence-corrected chi connectivity index (χ3v) is 6.28. The van der Waals surface area contributed by atoms with Gasteiger partial charge in [-0.25, -0.2) is 13.2 Å². The van der Waals surface area contributed by atoms with Crippen LogP contribution >= 0.6 is 0 Å². The van der Waals surface area contributed by atoms with Crippen LogP contribution in [0, 0.1) is 0 Å². The van der Waals surface area contributed by atoms with Gasteiger partial charge in [0, 0.05) is 11.6 Å². The minimum Gasteiger partial charge on any atom is -0.451 e. The standard InChI is InChI=1S/C19H24N4O6S/c1-12(18(25)22-19(26)21-13-7-3-2-4-8-13)29-16(24)11-20-17-14-9-5-6-10-15(14)30(27,28)23-17/h5-6,9-10,12-13H,2-4,7-8,11H2,1H3,(H,20,23)(H2,21,22,25,26). The molecule has 0 aromatic heterocycles. The lowest BCUT2D eigenvalue weighted by Gasteiger charge is -2.23. The molecule has 3 amide bonds. The number of sulfonamides is 1. The highest BCUT2D eigenvalue weighted by atomic mass is 32.2. The topological polar surface area (TPSA) is 143 Å². The highest BCUT2D eigenvalue weighted by Gasteiger charge is 2.30. The first-order valence-corrected chi connectivity index (χ1v) is 11.2. The highest BCUT2D eigenvalue weighted by Crippen LogP contribution is 2.22. The van der Waals surface area contributed by atoms with Crippen LogP contribution in [-0.4, -0.2) is 50.9 Å². The lowest BCUT2D eigenvalue weighted by molar-refractivity contribution is -0.153. The zero-order chi connectivity index (χ0) is 21.7. The maximum atomic E-state index is 12.1. The number of carbonyl (C=O) groups excluding carboxylic acids is 3. The third-order valence-electron chi connectivity index (χ3n) is 4.88. The summed E-state index contributed by atoms with van der Waals surface area (Å²) in [6.07, 6.45) is 3.76. The Hall–Kier alpha value is -2.95. The molecule has 1 atom stereocenters. The first kappa shape index (κ1) is 21.8. The molecule has 0 radical (unpaired) electrons. The lowest BCUT2D eigenvalue weighted by atomic mass is 9.96. The van der Waals surface area contributed by atoms with E-state index in [1.807, 2.05) is 0 Å². The summed E-state index contributed by atoms with van der Waals surface area (Å²) in [5.41, 5.74) is 0.357. The van der Waals surface area contributed by atoms with Crippen LogP contribution in [0.4, 0.5) is 4.79 Å². The Balaban J connectivity index is 1.49. The van der Waals surface area contributed by atoms with Crippen LogP contribution in [0.15, 0.2) is 34.2 Å². The molecule has 0 bridgehead atoms. The lowest BCUT2D eigenvalue weighted by Crippen LogP contribution is -2.48. The van der Waals surface area contributed by atoms with Crippen LogP contribution in [0.2, 0.25) is 0 Å². The summed E-state index contributed by atoms with van der Waals surface area (Å²) >= 11 is 0. The minimum absolute atomic E-state index is 0.0338. The van der Waals surface area contributed by atoms with E-state index in [4.69, 9.17) is 4.74 Å². The second-order valence-corrected chi connectivity index (χ2v) is 8.85. The first-order valence-electron chi connectivity index (χ1n) is 9.74. The summed E-state index contributed by atoms with van der Waals surface area (Å²) in [5.74, 6) is -1.55. The Morgan fingerprint density at radius 1 is 1.20 bits per heavy atom. The highest BCUT2D eigenvalue weighted by molar-refractivity contribution is 7.90. The van der Waals surface area contributed by atoms with Crippen LogP contribution in [0.25, 0.3) is 0 Å². The number of benzene rings is 1. The van der Waals surface area contributed by atoms with Gasteiger partial charge < -0.3 is 10.1 Å². The number of amidine groups is 1. The Bertz CT molecular complexity index is 969. The Labute approximate surface area is 174 Å². The van der Waals surface area contributed by atoms with Crippen molar-refractivity contribution in [2.24, 2.45) is 4.99 Å². The number of hydrogen-bond acceptors (Lipinski definition) is 7. The molecule has 1 fully saturated rings. The largest absolute Gasteiger partial charge is 0.451 e. The molecule has 1 aromatic carbocycles. The number of rotatable bonds is 5. The molecular formula is C19H24N4O6S. The monoisotopic (exact) mass is 436 g/mol. The molecule has 2 aliphatic rings. The van der Waals surface area contributed by atoms with Gasteiger partial charge in [-0.2, -0.15) is 0 Å². The maximum absolute atomic E-state index is 12.1. The molecule has 162 valence electrons. The van der Waals surface area contributed by atoms with Gasteiger partial charge >= 0.3 is 12.0 Å². The molecule has 3 N–H and O–H groups in total. The summed E-state index contributed by atoms with van der Waals surface area (Å²) in [4.78, 5) is 40.0. The molecule has 0 saturated heterocycles. The Morgan fingerprint density at radius 2 is 1.90 bits per heavy atom. The van der Waals surface area contributed by atoms with Crippen LogP contribution in [0.1, 0.15) is 44.6 Å². The normalized spacial score (nSPS) is 20.0. The molecular weight excluding hydrogens is 412 g/mol. The number of esters is 1. The second-order valence-electron chi connectivity index (χ2n) is 7.20. The summed E-state index contributed by atoms with van der Waals surface area (Å²) in [6, 6.07) is 5.66. The fraction of sp³-hybridized carbons (Fsp3) is 0.474. The number of amides is 3. The van der Waals surface area contributed by atoms with Gasteiger partial charge in [-0.1, -0.05) is 31.4 Å². The summed E-state index contributed by atoms with van der Waals surface area (Å²) < 4.78 is 31.3.